The average molecular weight is 2400 g/mol. The summed E-state index contributed by atoms with van der Waals surface area (Å²) in [6.07, 6.45) is 0. The van der Waals surface area contributed by atoms with E-state index in [0.717, 1.165) is 13.1 Å². The Labute approximate surface area is 671 Å². The molecule has 53 nitrogen and oxygen atoms in total. The minimum atomic E-state index is -4.96. The highest BCUT2D eigenvalue weighted by Gasteiger charge is 2.62. The third kappa shape index (κ3) is 30.0. The minimum Gasteiger partial charge on any atom is -0.558 e. The van der Waals surface area contributed by atoms with Crippen LogP contribution in [0.4, 0.5) is 0 Å². The van der Waals surface area contributed by atoms with Gasteiger partial charge in [0.1, 0.15) is 0 Å². The summed E-state index contributed by atoms with van der Waals surface area (Å²) in [6.45, 7) is 6.76. The summed E-state index contributed by atoms with van der Waals surface area (Å²) in [6, 6.07) is 0. The second-order valence-electron chi connectivity index (χ2n) is 20.7. The maximum atomic E-state index is 12.9. The first-order valence-electron chi connectivity index (χ1n) is 26.5. The lowest BCUT2D eigenvalue weighted by Crippen LogP contribution is -2.58. The van der Waals surface area contributed by atoms with Crippen molar-refractivity contribution in [1.29, 1.82) is 0 Å². The average Bonchev–Trinajstić information content (AvgIpc) is 0.823. The van der Waals surface area contributed by atoms with Crippen molar-refractivity contribution in [2.45, 2.75) is 39.3 Å². The summed E-state index contributed by atoms with van der Waals surface area (Å²) < 4.78 is 637. The molecule has 0 saturated carbocycles. The molecule has 0 radical (unpaired) electrons. The Hall–Kier alpha value is 1.16. The molecule has 0 aliphatic heterocycles. The van der Waals surface area contributed by atoms with E-state index in [2.05, 4.69) is 0 Å². The van der Waals surface area contributed by atoms with Crippen LogP contribution in [0.15, 0.2) is 0 Å². The molecule has 0 atom stereocenters. The Kier molecular flexibility index (Phi) is 48.2. The molecule has 0 aliphatic carbocycles. The van der Waals surface area contributed by atoms with Crippen LogP contribution >= 0.6 is 0 Å². The van der Waals surface area contributed by atoms with Crippen LogP contribution in [0.1, 0.15) is 0 Å². The quantitative estimate of drug-likeness (QED) is 0.0534. The van der Waals surface area contributed by atoms with E-state index in [1.165, 1.54) is 26.2 Å². The van der Waals surface area contributed by atoms with Crippen molar-refractivity contribution in [2.75, 3.05) is 0 Å². The lowest BCUT2D eigenvalue weighted by Gasteiger charge is -2.28. The standard InChI is InChI=1S/C6H20O53Si52/c1-109(2,56)59-111(5,6)58-60(7)61(8)62(9)63(10)64(11)65(12)66(13)67(14)68(15)69(16)70(17)71(18)72(19)73(20)74(21)75(22)76(23)77(24)78(25)79(26)80(27)81(28)82(29)83(30)84(31)85(32)86(33)87(34)88(35)89(36)90(37)91(38)92(39)93(40)94(41)95(42)96(43)97(44)98(45)99(46)100(47)101(48)102(49)103(50)104(51)105(52)106(53)107(54)108(55)110(3,4)57/h56-57H,1-6H3. The van der Waals surface area contributed by atoms with Gasteiger partial charge in [-0.2, -0.15) is 0 Å². The Balaban J connectivity index is 6.04. The molecule has 0 aromatic rings. The van der Waals surface area contributed by atoms with Gasteiger partial charge in [0.05, 0.1) is 0 Å². The van der Waals surface area contributed by atoms with Gasteiger partial charge < -0.3 is 236 Å². The molecule has 0 amide bonds. The van der Waals surface area contributed by atoms with Gasteiger partial charge >= 0.3 is 396 Å². The molecule has 0 aliphatic rings. The van der Waals surface area contributed by atoms with Gasteiger partial charge in [-0.05, 0) is 39.3 Å². The van der Waals surface area contributed by atoms with Crippen molar-refractivity contribution in [1.82, 2.24) is 0 Å². The van der Waals surface area contributed by atoms with Crippen LogP contribution in [-0.2, 0) is 227 Å². The highest BCUT2D eigenvalue weighted by atomic mass is 30.2. The molecular formula is C6H20O53Si52. The maximum Gasteiger partial charge on any atom is 0.533 e. The van der Waals surface area contributed by atoms with E-state index in [4.69, 9.17) is 8.23 Å². The Morgan fingerprint density at radius 2 is 0.243 bits per heavy atom. The predicted octanol–water partition coefficient (Wildman–Crippen LogP) is -23.4. The second kappa shape index (κ2) is 47.7. The summed E-state index contributed by atoms with van der Waals surface area (Å²) in [4.78, 5) is 19.8. The van der Waals surface area contributed by atoms with Crippen molar-refractivity contribution in [3.05, 3.63) is 0 Å². The van der Waals surface area contributed by atoms with E-state index in [1.54, 1.807) is 0 Å². The largest absolute Gasteiger partial charge is 0.558 e. The normalized spacial score (nSPS) is 10.5. The third-order valence-corrected chi connectivity index (χ3v) is 408. The molecule has 0 bridgehead atoms. The molecule has 0 fully saturated rings. The van der Waals surface area contributed by atoms with Gasteiger partial charge in [-0.15, -0.1) is 0 Å². The van der Waals surface area contributed by atoms with Crippen LogP contribution in [0, 0.1) is 0 Å². The van der Waals surface area contributed by atoms with Crippen LogP contribution < -0.4 is 0 Å². The molecule has 2 N–H and O–H groups in total. The molecule has 105 heteroatoms. The van der Waals surface area contributed by atoms with Gasteiger partial charge in [0.2, 0.25) is 7.83 Å². The highest BCUT2D eigenvalue weighted by molar-refractivity contribution is 7.87. The summed E-state index contributed by atoms with van der Waals surface area (Å²) in [7, 11) is -242. The first kappa shape index (κ1) is 112. The van der Waals surface area contributed by atoms with E-state index in [9.17, 15) is 228 Å². The zero-order valence-corrected chi connectivity index (χ0v) is 106. The van der Waals surface area contributed by atoms with Gasteiger partial charge in [0.25, 0.3) is 0 Å². The predicted molar refractivity (Wildman–Crippen MR) is 375 cm³/mol. The topological polar surface area (TPSA) is 895 Å². The lowest BCUT2D eigenvalue weighted by atomic mass is 11.9. The molecule has 0 aromatic heterocycles. The van der Waals surface area contributed by atoms with Crippen molar-refractivity contribution in [2.24, 2.45) is 0 Å². The van der Waals surface area contributed by atoms with Gasteiger partial charge in [0.15, 0.2) is 0 Å². The minimum absolute atomic E-state index is 0.960. The fourth-order valence-corrected chi connectivity index (χ4v) is 599. The smallest absolute Gasteiger partial charge is 0.533 e. The van der Waals surface area contributed by atoms with Crippen LogP contribution in [0.25, 0.3) is 0 Å². The first-order chi connectivity index (χ1) is 50.0. The highest BCUT2D eigenvalue weighted by Crippen LogP contribution is 2.13. The molecule has 0 saturated heterocycles. The molecule has 0 unspecified atom stereocenters. The van der Waals surface area contributed by atoms with E-state index in [0.29, 0.717) is 0 Å². The monoisotopic (exact) mass is 2390 g/mol. The Bertz CT molecular complexity index is 5130. The van der Waals surface area contributed by atoms with Gasteiger partial charge in [-0.3, -0.25) is 0 Å². The molecule has 0 heterocycles. The van der Waals surface area contributed by atoms with Crippen LogP contribution in [0.3, 0.4) is 0 Å². The number of hydrogen-bond acceptors (Lipinski definition) is 53. The van der Waals surface area contributed by atoms with Crippen LogP contribution in [-0.4, -0.2) is 413 Å². The molecule has 570 valence electrons. The van der Waals surface area contributed by atoms with Gasteiger partial charge in [0, 0.05) is 0 Å². The first-order valence-corrected chi connectivity index (χ1v) is 153. The van der Waals surface area contributed by atoms with Crippen LogP contribution in [0.5, 0.6) is 0 Å². The molecule has 0 spiro atoms. The van der Waals surface area contributed by atoms with Gasteiger partial charge in [-0.1, -0.05) is 0 Å². The van der Waals surface area contributed by atoms with Gasteiger partial charge in [-0.25, -0.2) is 0 Å². The fraction of sp³-hybridized carbons (Fsp3) is 1.00. The summed E-state index contributed by atoms with van der Waals surface area (Å²) in [5, 5.41) is 0. The summed E-state index contributed by atoms with van der Waals surface area (Å²) in [5.41, 5.74) is 0. The van der Waals surface area contributed by atoms with E-state index in [-0.39, 0.29) is 0 Å². The lowest BCUT2D eigenvalue weighted by molar-refractivity contribution is 0.321. The number of rotatable bonds is 53. The van der Waals surface area contributed by atoms with Crippen molar-refractivity contribution in [3.8, 4) is 0 Å². The maximum absolute atomic E-state index is 12.9. The van der Waals surface area contributed by atoms with E-state index < -0.39 is 404 Å². The number of hydrogen-bond donors (Lipinski definition) is 2. The molecule has 0 aromatic carbocycles. The van der Waals surface area contributed by atoms with Crippen molar-refractivity contribution >= 4 is 404 Å². The second-order valence-corrected chi connectivity index (χ2v) is 271. The third-order valence-electron chi connectivity index (χ3n) is 11.3. The summed E-state index contributed by atoms with van der Waals surface area (Å²) >= 11 is 0. The van der Waals surface area contributed by atoms with Crippen LogP contribution in [0.2, 0.25) is 39.3 Å². The van der Waals surface area contributed by atoms with Crippen molar-refractivity contribution < 1.29 is 236 Å². The SMILES string of the molecule is C[Si](C)(O)O[Si](C)(C)O[Si](=O)[Si](=O)[Si](=O)[Si](=O)[Si](=O)[Si](=O)[Si](=O)[Si](=O)[Si](=O)[Si](=O)[Si](=O)[Si](=O)[Si](=O)[Si](=O)[Si](=O)[Si](=O)[Si](=O)[Si](=O)[Si](=O)[Si](=O)[Si](=O)[Si](=O)[Si](=O)[Si](=O)[Si](=O)[Si](=O)[Si](=O)[Si](=O)[Si](=O)[Si](=O)[Si](=O)[Si](=O)[Si](=O)[Si](=O)[Si](=O)[Si](=O)[Si](=O)[Si](=O)[Si](=O)[Si](=O)[Si](=O)[Si](=O)[Si](=O)[Si](=O)[Si](=O)[Si](=O)[Si](=O)[Si](=O)[Si](=O)[Si](C)(C)O. The molecule has 0 rings (SSSR count). The summed E-state index contributed by atoms with van der Waals surface area (Å²) in [5.74, 6) is 0. The fourth-order valence-electron chi connectivity index (χ4n) is 6.01. The van der Waals surface area contributed by atoms with E-state index in [1.807, 2.05) is 0 Å². The zero-order chi connectivity index (χ0) is 88.2. The van der Waals surface area contributed by atoms with E-state index >= 15 is 0 Å². The zero-order valence-electron chi connectivity index (χ0n) is 53.7. The Morgan fingerprint density at radius 1 is 0.153 bits per heavy atom. The molecular weight excluding hydrogens is 2380 g/mol. The van der Waals surface area contributed by atoms with Crippen molar-refractivity contribution in [3.63, 3.8) is 0 Å². The molecule has 111 heavy (non-hydrogen) atoms. The Morgan fingerprint density at radius 3 is 0.333 bits per heavy atom.